The smallest absolute Gasteiger partial charge is 0.377 e. The fourth-order valence-corrected chi connectivity index (χ4v) is 1.60. The van der Waals surface area contributed by atoms with Crippen LogP contribution in [0.1, 0.15) is 11.3 Å². The molecule has 1 N–H and O–H groups in total. The van der Waals surface area contributed by atoms with E-state index in [-0.39, 0.29) is 12.2 Å². The van der Waals surface area contributed by atoms with Crippen LogP contribution >= 0.6 is 0 Å². The van der Waals surface area contributed by atoms with Crippen molar-refractivity contribution in [2.24, 2.45) is 7.05 Å². The Labute approximate surface area is 106 Å². The average molecular weight is 273 g/mol. The molecule has 7 heteroatoms. The summed E-state index contributed by atoms with van der Waals surface area (Å²) in [6.07, 6.45) is -2.93. The maximum absolute atomic E-state index is 13.4. The number of hydrogen-bond acceptors (Lipinski definition) is 2. The normalized spacial score (nSPS) is 11.6. The lowest BCUT2D eigenvalue weighted by Gasteiger charge is -2.11. The zero-order valence-electron chi connectivity index (χ0n) is 10.0. The van der Waals surface area contributed by atoms with Crippen LogP contribution in [0.15, 0.2) is 30.5 Å². The van der Waals surface area contributed by atoms with Crippen molar-refractivity contribution < 1.29 is 17.6 Å². The second kappa shape index (κ2) is 4.91. The monoisotopic (exact) mass is 273 g/mol. The van der Waals surface area contributed by atoms with E-state index >= 15 is 0 Å². The number of alkyl halides is 3. The number of aryl methyl sites for hydroxylation is 1. The van der Waals surface area contributed by atoms with Gasteiger partial charge in [-0.3, -0.25) is 4.68 Å². The summed E-state index contributed by atoms with van der Waals surface area (Å²) in [6, 6.07) is 3.96. The molecule has 0 aliphatic heterocycles. The first kappa shape index (κ1) is 13.4. The highest BCUT2D eigenvalue weighted by Crippen LogP contribution is 2.31. The summed E-state index contributed by atoms with van der Waals surface area (Å²) < 4.78 is 52.5. The molecule has 0 fully saturated rings. The van der Waals surface area contributed by atoms with Crippen LogP contribution in [0.4, 0.5) is 23.2 Å². The van der Waals surface area contributed by atoms with Crippen molar-refractivity contribution in [2.45, 2.75) is 12.7 Å². The molecule has 2 rings (SSSR count). The Morgan fingerprint density at radius 3 is 2.58 bits per heavy atom. The van der Waals surface area contributed by atoms with Gasteiger partial charge in [-0.05, 0) is 24.3 Å². The number of benzene rings is 1. The van der Waals surface area contributed by atoms with Gasteiger partial charge in [-0.15, -0.1) is 0 Å². The molecule has 1 heterocycles. The number of anilines is 1. The van der Waals surface area contributed by atoms with Crippen molar-refractivity contribution in [2.75, 3.05) is 5.32 Å². The van der Waals surface area contributed by atoms with Gasteiger partial charge in [-0.2, -0.15) is 18.3 Å². The Bertz CT molecular complexity index is 575. The van der Waals surface area contributed by atoms with E-state index in [1.807, 2.05) is 0 Å². The van der Waals surface area contributed by atoms with Gasteiger partial charge in [0.2, 0.25) is 0 Å². The van der Waals surface area contributed by atoms with E-state index in [0.29, 0.717) is 6.07 Å². The minimum Gasteiger partial charge on any atom is -0.377 e. The number of nitrogens with zero attached hydrogens (tertiary/aromatic N) is 2. The standard InChI is InChI=1S/C12H11F4N3/c1-19-9(4-5-18-19)7-17-11-6-8(12(14,15)16)2-3-10(11)13/h2-6,17H,7H2,1H3. The van der Waals surface area contributed by atoms with Gasteiger partial charge in [0.15, 0.2) is 0 Å². The van der Waals surface area contributed by atoms with Crippen LogP contribution in [0.2, 0.25) is 0 Å². The predicted octanol–water partition coefficient (Wildman–Crippen LogP) is 3.19. The second-order valence-corrected chi connectivity index (χ2v) is 3.99. The molecule has 19 heavy (non-hydrogen) atoms. The van der Waals surface area contributed by atoms with Gasteiger partial charge in [-0.1, -0.05) is 0 Å². The first-order valence-corrected chi connectivity index (χ1v) is 5.45. The van der Waals surface area contributed by atoms with E-state index in [1.165, 1.54) is 0 Å². The molecule has 3 nitrogen and oxygen atoms in total. The number of aromatic nitrogens is 2. The molecule has 0 spiro atoms. The average Bonchev–Trinajstić information content (AvgIpc) is 2.72. The van der Waals surface area contributed by atoms with Gasteiger partial charge >= 0.3 is 6.18 Å². The first-order valence-electron chi connectivity index (χ1n) is 5.45. The Kier molecular flexibility index (Phi) is 3.46. The molecular weight excluding hydrogens is 262 g/mol. The molecule has 102 valence electrons. The quantitative estimate of drug-likeness (QED) is 0.870. The second-order valence-electron chi connectivity index (χ2n) is 3.99. The molecule has 1 aromatic carbocycles. The van der Waals surface area contributed by atoms with Crippen molar-refractivity contribution in [3.05, 3.63) is 47.5 Å². The summed E-state index contributed by atoms with van der Waals surface area (Å²) in [5.74, 6) is -0.727. The third kappa shape index (κ3) is 3.04. The largest absolute Gasteiger partial charge is 0.416 e. The summed E-state index contributed by atoms with van der Waals surface area (Å²) in [5.41, 5.74) is -0.339. The molecule has 0 aliphatic rings. The number of halogens is 4. The lowest BCUT2D eigenvalue weighted by molar-refractivity contribution is -0.137. The zero-order chi connectivity index (χ0) is 14.0. The van der Waals surface area contributed by atoms with E-state index in [1.54, 1.807) is 24.0 Å². The lowest BCUT2D eigenvalue weighted by atomic mass is 10.2. The predicted molar refractivity (Wildman–Crippen MR) is 61.9 cm³/mol. The molecule has 0 aliphatic carbocycles. The van der Waals surface area contributed by atoms with E-state index in [2.05, 4.69) is 10.4 Å². The lowest BCUT2D eigenvalue weighted by Crippen LogP contribution is -2.09. The summed E-state index contributed by atoms with van der Waals surface area (Å²) in [6.45, 7) is 0.189. The molecule has 0 saturated heterocycles. The molecule has 2 aromatic rings. The van der Waals surface area contributed by atoms with E-state index in [4.69, 9.17) is 0 Å². The Morgan fingerprint density at radius 2 is 2.00 bits per heavy atom. The van der Waals surface area contributed by atoms with Crippen LogP contribution in [-0.2, 0) is 19.8 Å². The van der Waals surface area contributed by atoms with Gasteiger partial charge in [-0.25, -0.2) is 4.39 Å². The molecule has 0 radical (unpaired) electrons. The fourth-order valence-electron chi connectivity index (χ4n) is 1.60. The van der Waals surface area contributed by atoms with Gasteiger partial charge in [0.1, 0.15) is 5.82 Å². The molecule has 0 bridgehead atoms. The fraction of sp³-hybridized carbons (Fsp3) is 0.250. The van der Waals surface area contributed by atoms with Crippen LogP contribution in [0.5, 0.6) is 0 Å². The van der Waals surface area contributed by atoms with Crippen molar-refractivity contribution in [3.8, 4) is 0 Å². The summed E-state index contributed by atoms with van der Waals surface area (Å²) in [4.78, 5) is 0. The Morgan fingerprint density at radius 1 is 1.26 bits per heavy atom. The molecule has 0 unspecified atom stereocenters. The van der Waals surface area contributed by atoms with Crippen LogP contribution in [-0.4, -0.2) is 9.78 Å². The van der Waals surface area contributed by atoms with Gasteiger partial charge in [0.25, 0.3) is 0 Å². The molecule has 0 saturated carbocycles. The maximum Gasteiger partial charge on any atom is 0.416 e. The third-order valence-electron chi connectivity index (χ3n) is 2.68. The van der Waals surface area contributed by atoms with Gasteiger partial charge in [0, 0.05) is 13.2 Å². The van der Waals surface area contributed by atoms with E-state index in [0.717, 1.165) is 17.8 Å². The highest BCUT2D eigenvalue weighted by molar-refractivity contribution is 5.48. The zero-order valence-corrected chi connectivity index (χ0v) is 10.0. The molecular formula is C12H11F4N3. The summed E-state index contributed by atoms with van der Waals surface area (Å²) in [5, 5.41) is 6.54. The van der Waals surface area contributed by atoms with Gasteiger partial charge < -0.3 is 5.32 Å². The maximum atomic E-state index is 13.4. The first-order chi connectivity index (χ1) is 8.88. The number of hydrogen-bond donors (Lipinski definition) is 1. The van der Waals surface area contributed by atoms with Crippen LogP contribution < -0.4 is 5.32 Å². The SMILES string of the molecule is Cn1nccc1CNc1cc(C(F)(F)F)ccc1F. The number of nitrogens with one attached hydrogen (secondary N) is 1. The van der Waals surface area contributed by atoms with Crippen molar-refractivity contribution in [1.82, 2.24) is 9.78 Å². The van der Waals surface area contributed by atoms with Crippen molar-refractivity contribution in [3.63, 3.8) is 0 Å². The third-order valence-corrected chi connectivity index (χ3v) is 2.68. The van der Waals surface area contributed by atoms with Gasteiger partial charge in [0.05, 0.1) is 23.5 Å². The molecule has 0 amide bonds. The van der Waals surface area contributed by atoms with Crippen LogP contribution in [0.3, 0.4) is 0 Å². The minimum absolute atomic E-state index is 0.184. The number of rotatable bonds is 3. The van der Waals surface area contributed by atoms with Crippen LogP contribution in [0, 0.1) is 5.82 Å². The summed E-state index contributed by atoms with van der Waals surface area (Å²) in [7, 11) is 1.69. The van der Waals surface area contributed by atoms with Crippen LogP contribution in [0.25, 0.3) is 0 Å². The molecule has 1 aromatic heterocycles. The van der Waals surface area contributed by atoms with Crippen molar-refractivity contribution in [1.29, 1.82) is 0 Å². The van der Waals surface area contributed by atoms with E-state index in [9.17, 15) is 17.6 Å². The highest BCUT2D eigenvalue weighted by atomic mass is 19.4. The Balaban J connectivity index is 2.18. The van der Waals surface area contributed by atoms with E-state index < -0.39 is 17.6 Å². The topological polar surface area (TPSA) is 29.9 Å². The minimum atomic E-state index is -4.49. The van der Waals surface area contributed by atoms with Crippen molar-refractivity contribution >= 4 is 5.69 Å². The summed E-state index contributed by atoms with van der Waals surface area (Å²) >= 11 is 0. The highest BCUT2D eigenvalue weighted by Gasteiger charge is 2.31. The molecule has 0 atom stereocenters. The Hall–Kier alpha value is -2.05.